The van der Waals surface area contributed by atoms with E-state index in [1.165, 1.54) is 5.56 Å². The molecule has 26 heavy (non-hydrogen) atoms. The van der Waals surface area contributed by atoms with Gasteiger partial charge < -0.3 is 15.8 Å². The lowest BCUT2D eigenvalue weighted by molar-refractivity contribution is -0.122. The Kier molecular flexibility index (Phi) is 6.26. The van der Waals surface area contributed by atoms with Crippen LogP contribution in [-0.2, 0) is 11.3 Å². The molecule has 0 spiro atoms. The van der Waals surface area contributed by atoms with Gasteiger partial charge in [0.2, 0.25) is 5.91 Å². The summed E-state index contributed by atoms with van der Waals surface area (Å²) in [6.45, 7) is 5.03. The van der Waals surface area contributed by atoms with Crippen LogP contribution in [0.5, 0.6) is 5.75 Å². The first-order chi connectivity index (χ1) is 12.7. The van der Waals surface area contributed by atoms with Gasteiger partial charge in [0.25, 0.3) is 0 Å². The van der Waals surface area contributed by atoms with Crippen molar-refractivity contribution in [1.29, 1.82) is 0 Å². The summed E-state index contributed by atoms with van der Waals surface area (Å²) in [5, 5.41) is 2.99. The van der Waals surface area contributed by atoms with Crippen molar-refractivity contribution >= 4 is 5.91 Å². The van der Waals surface area contributed by atoms with Crippen LogP contribution in [0.25, 0.3) is 0 Å². The number of carbonyl (C=O) groups is 1. The van der Waals surface area contributed by atoms with Crippen LogP contribution in [0.15, 0.2) is 54.6 Å². The van der Waals surface area contributed by atoms with Crippen molar-refractivity contribution in [2.75, 3.05) is 26.2 Å². The molecule has 2 atom stereocenters. The number of nitrogens with one attached hydrogen (secondary N) is 1. The number of hydrogen-bond donors (Lipinski definition) is 2. The first-order valence-corrected chi connectivity index (χ1v) is 9.17. The van der Waals surface area contributed by atoms with Gasteiger partial charge in [-0.15, -0.1) is 0 Å². The standard InChI is InChI=1S/C21H27N3O2/c1-2-26-18-10-6-7-16(11-18)12-23-21(25)15-24-13-19(20(22)14-24)17-8-4-3-5-9-17/h3-11,19-20H,2,12-15,22H2,1H3,(H,23,25)/t19-,20+/m0/s1. The number of ether oxygens (including phenoxy) is 1. The van der Waals surface area contributed by atoms with Gasteiger partial charge in [0, 0.05) is 31.6 Å². The fourth-order valence-electron chi connectivity index (χ4n) is 3.47. The molecule has 3 rings (SSSR count). The zero-order chi connectivity index (χ0) is 18.4. The van der Waals surface area contributed by atoms with Crippen molar-refractivity contribution in [1.82, 2.24) is 10.2 Å². The predicted octanol–water partition coefficient (Wildman–Crippen LogP) is 2.13. The lowest BCUT2D eigenvalue weighted by Gasteiger charge is -2.16. The van der Waals surface area contributed by atoms with Gasteiger partial charge in [-0.05, 0) is 30.2 Å². The Hall–Kier alpha value is -2.37. The topological polar surface area (TPSA) is 67.6 Å². The van der Waals surface area contributed by atoms with Gasteiger partial charge in [-0.3, -0.25) is 9.69 Å². The van der Waals surface area contributed by atoms with Crippen LogP contribution in [0.4, 0.5) is 0 Å². The quantitative estimate of drug-likeness (QED) is 0.800. The first-order valence-electron chi connectivity index (χ1n) is 9.17. The Morgan fingerprint density at radius 1 is 1.19 bits per heavy atom. The molecule has 2 aromatic rings. The molecule has 1 heterocycles. The molecule has 0 bridgehead atoms. The summed E-state index contributed by atoms with van der Waals surface area (Å²) in [7, 11) is 0. The van der Waals surface area contributed by atoms with Crippen molar-refractivity contribution in [2.24, 2.45) is 5.73 Å². The van der Waals surface area contributed by atoms with E-state index in [1.54, 1.807) is 0 Å². The lowest BCUT2D eigenvalue weighted by atomic mass is 9.95. The third kappa shape index (κ3) is 4.84. The predicted molar refractivity (Wildman–Crippen MR) is 103 cm³/mol. The number of rotatable bonds is 7. The molecule has 1 aliphatic rings. The summed E-state index contributed by atoms with van der Waals surface area (Å²) in [6, 6.07) is 18.2. The average molecular weight is 353 g/mol. The molecule has 1 aliphatic heterocycles. The highest BCUT2D eigenvalue weighted by Gasteiger charge is 2.31. The minimum absolute atomic E-state index is 0.0210. The maximum Gasteiger partial charge on any atom is 0.234 e. The first kappa shape index (κ1) is 18.4. The Balaban J connectivity index is 1.49. The van der Waals surface area contributed by atoms with Crippen molar-refractivity contribution < 1.29 is 9.53 Å². The molecule has 1 saturated heterocycles. The van der Waals surface area contributed by atoms with Crippen molar-refractivity contribution in [2.45, 2.75) is 25.4 Å². The van der Waals surface area contributed by atoms with Gasteiger partial charge in [0.1, 0.15) is 5.75 Å². The average Bonchev–Trinajstić information content (AvgIpc) is 3.01. The van der Waals surface area contributed by atoms with Gasteiger partial charge in [-0.25, -0.2) is 0 Å². The summed E-state index contributed by atoms with van der Waals surface area (Å²) in [6.07, 6.45) is 0. The van der Waals surface area contributed by atoms with Gasteiger partial charge in [-0.1, -0.05) is 42.5 Å². The van der Waals surface area contributed by atoms with Gasteiger partial charge in [0.15, 0.2) is 0 Å². The number of nitrogens with two attached hydrogens (primary N) is 1. The van der Waals surface area contributed by atoms with E-state index in [-0.39, 0.29) is 17.9 Å². The van der Waals surface area contributed by atoms with Crippen LogP contribution in [0.1, 0.15) is 24.0 Å². The van der Waals surface area contributed by atoms with Crippen molar-refractivity contribution in [3.8, 4) is 5.75 Å². The Morgan fingerprint density at radius 3 is 2.77 bits per heavy atom. The zero-order valence-electron chi connectivity index (χ0n) is 15.2. The van der Waals surface area contributed by atoms with Gasteiger partial charge in [0.05, 0.1) is 13.2 Å². The normalized spacial score (nSPS) is 20.1. The molecule has 0 aromatic heterocycles. The highest BCUT2D eigenvalue weighted by Crippen LogP contribution is 2.25. The minimum atomic E-state index is 0.0210. The van der Waals surface area contributed by atoms with E-state index in [0.717, 1.165) is 24.4 Å². The van der Waals surface area contributed by atoms with Gasteiger partial charge >= 0.3 is 0 Å². The number of nitrogens with zero attached hydrogens (tertiary/aromatic N) is 1. The summed E-state index contributed by atoms with van der Waals surface area (Å²) in [5.74, 6) is 1.13. The Bertz CT molecular complexity index is 720. The molecule has 2 aromatic carbocycles. The summed E-state index contributed by atoms with van der Waals surface area (Å²) in [4.78, 5) is 14.4. The fourth-order valence-corrected chi connectivity index (χ4v) is 3.47. The van der Waals surface area contributed by atoms with Crippen LogP contribution < -0.4 is 15.8 Å². The number of likely N-dealkylation sites (tertiary alicyclic amines) is 1. The molecule has 1 fully saturated rings. The lowest BCUT2D eigenvalue weighted by Crippen LogP contribution is -2.37. The van der Waals surface area contributed by atoms with E-state index in [9.17, 15) is 4.79 Å². The molecule has 0 unspecified atom stereocenters. The monoisotopic (exact) mass is 353 g/mol. The molecular formula is C21H27N3O2. The number of benzene rings is 2. The van der Waals surface area contributed by atoms with Crippen LogP contribution in [0.2, 0.25) is 0 Å². The van der Waals surface area contributed by atoms with Crippen molar-refractivity contribution in [3.63, 3.8) is 0 Å². The number of carbonyl (C=O) groups excluding carboxylic acids is 1. The van der Waals surface area contributed by atoms with E-state index < -0.39 is 0 Å². The van der Waals surface area contributed by atoms with Crippen LogP contribution in [0.3, 0.4) is 0 Å². The van der Waals surface area contributed by atoms with Crippen LogP contribution in [0, 0.1) is 0 Å². The molecule has 0 aliphatic carbocycles. The van der Waals surface area contributed by atoms with E-state index in [0.29, 0.717) is 19.7 Å². The molecule has 138 valence electrons. The Labute approximate surface area is 155 Å². The molecule has 5 nitrogen and oxygen atoms in total. The molecule has 5 heteroatoms. The third-order valence-electron chi connectivity index (χ3n) is 4.73. The van der Waals surface area contributed by atoms with Crippen molar-refractivity contribution in [3.05, 3.63) is 65.7 Å². The molecule has 0 radical (unpaired) electrons. The SMILES string of the molecule is CCOc1cccc(CNC(=O)CN2C[C@@H](N)[C@H](c3ccccc3)C2)c1. The highest BCUT2D eigenvalue weighted by atomic mass is 16.5. The highest BCUT2D eigenvalue weighted by molar-refractivity contribution is 5.78. The second kappa shape index (κ2) is 8.83. The van der Waals surface area contributed by atoms with Crippen LogP contribution in [-0.4, -0.2) is 43.1 Å². The molecule has 1 amide bonds. The van der Waals surface area contributed by atoms with E-state index in [2.05, 4.69) is 22.3 Å². The van der Waals surface area contributed by atoms with E-state index in [4.69, 9.17) is 10.5 Å². The maximum atomic E-state index is 12.3. The van der Waals surface area contributed by atoms with E-state index in [1.807, 2.05) is 49.4 Å². The summed E-state index contributed by atoms with van der Waals surface area (Å²) in [5.41, 5.74) is 8.58. The minimum Gasteiger partial charge on any atom is -0.494 e. The number of amides is 1. The number of hydrogen-bond acceptors (Lipinski definition) is 4. The largest absolute Gasteiger partial charge is 0.494 e. The van der Waals surface area contributed by atoms with E-state index >= 15 is 0 Å². The smallest absolute Gasteiger partial charge is 0.234 e. The fraction of sp³-hybridized carbons (Fsp3) is 0.381. The second-order valence-electron chi connectivity index (χ2n) is 6.73. The van der Waals surface area contributed by atoms with Gasteiger partial charge in [-0.2, -0.15) is 0 Å². The molecule has 0 saturated carbocycles. The molecular weight excluding hydrogens is 326 g/mol. The molecule has 3 N–H and O–H groups in total. The summed E-state index contributed by atoms with van der Waals surface area (Å²) < 4.78 is 5.49. The Morgan fingerprint density at radius 2 is 2.00 bits per heavy atom. The maximum absolute atomic E-state index is 12.3. The third-order valence-corrected chi connectivity index (χ3v) is 4.73. The zero-order valence-corrected chi connectivity index (χ0v) is 15.2. The van der Waals surface area contributed by atoms with Crippen LogP contribution >= 0.6 is 0 Å². The summed E-state index contributed by atoms with van der Waals surface area (Å²) >= 11 is 0. The second-order valence-corrected chi connectivity index (χ2v) is 6.73.